The molecule has 0 atom stereocenters. The predicted molar refractivity (Wildman–Crippen MR) is 182 cm³/mol. The Kier molecular flexibility index (Phi) is 8.90. The molecule has 0 heterocycles. The molecule has 3 aromatic carbocycles. The van der Waals surface area contributed by atoms with Crippen LogP contribution in [0.25, 0.3) is 0 Å². The molecule has 0 radical (unpaired) electrons. The standard InChI is InChI=1S/C40H58O2/c1-23-24(2)32(20-28-18-30(38(8,9)10)22-34(36(28)42)40(14,15)16)26(4)25(3)31(23)19-27-17-29(37(5,6)7)21-33(35(27)41)39(11,12)13/h17-18,21-22,41-42H,19-20H2,1-16H3. The van der Waals surface area contributed by atoms with Crippen molar-refractivity contribution in [2.24, 2.45) is 0 Å². The first-order valence-corrected chi connectivity index (χ1v) is 15.7. The maximum atomic E-state index is 11.5. The molecule has 0 unspecified atom stereocenters. The molecule has 0 fully saturated rings. The first kappa shape index (κ1) is 33.8. The highest BCUT2D eigenvalue weighted by Crippen LogP contribution is 2.42. The van der Waals surface area contributed by atoms with E-state index in [2.05, 4.69) is 135 Å². The van der Waals surface area contributed by atoms with Crippen molar-refractivity contribution in [2.45, 2.75) is 145 Å². The van der Waals surface area contributed by atoms with Gasteiger partial charge >= 0.3 is 0 Å². The lowest BCUT2D eigenvalue weighted by atomic mass is 9.76. The summed E-state index contributed by atoms with van der Waals surface area (Å²) in [4.78, 5) is 0. The van der Waals surface area contributed by atoms with Crippen molar-refractivity contribution in [1.29, 1.82) is 0 Å². The van der Waals surface area contributed by atoms with Gasteiger partial charge in [-0.05, 0) is 116 Å². The molecule has 0 saturated carbocycles. The molecule has 0 bridgehead atoms. The summed E-state index contributed by atoms with van der Waals surface area (Å²) in [6.45, 7) is 35.4. The van der Waals surface area contributed by atoms with Gasteiger partial charge < -0.3 is 10.2 Å². The first-order chi connectivity index (χ1) is 18.9. The fraction of sp³-hybridized carbons (Fsp3) is 0.550. The monoisotopic (exact) mass is 570 g/mol. The van der Waals surface area contributed by atoms with Gasteiger partial charge in [-0.15, -0.1) is 0 Å². The number of phenolic OH excluding ortho intramolecular Hbond substituents is 2. The quantitative estimate of drug-likeness (QED) is 0.327. The highest BCUT2D eigenvalue weighted by Gasteiger charge is 2.28. The molecule has 0 aliphatic carbocycles. The summed E-state index contributed by atoms with van der Waals surface area (Å²) in [5, 5.41) is 23.1. The first-order valence-electron chi connectivity index (χ1n) is 15.7. The van der Waals surface area contributed by atoms with Crippen LogP contribution in [0.5, 0.6) is 11.5 Å². The van der Waals surface area contributed by atoms with Gasteiger partial charge in [0.1, 0.15) is 11.5 Å². The number of rotatable bonds is 4. The molecule has 2 N–H and O–H groups in total. The Bertz CT molecular complexity index is 1350. The molecule has 0 saturated heterocycles. The lowest BCUT2D eigenvalue weighted by Crippen LogP contribution is -2.18. The number of phenols is 2. The second-order valence-corrected chi connectivity index (χ2v) is 16.9. The third kappa shape index (κ3) is 6.74. The summed E-state index contributed by atoms with van der Waals surface area (Å²) in [6, 6.07) is 8.82. The van der Waals surface area contributed by atoms with Crippen LogP contribution in [0.1, 0.15) is 150 Å². The lowest BCUT2D eigenvalue weighted by Gasteiger charge is -2.29. The molecular formula is C40H58O2. The SMILES string of the molecule is Cc1c(C)c(Cc2cc(C(C)(C)C)cc(C(C)(C)C)c2O)c(C)c(C)c1Cc1cc(C(C)(C)C)cc(C(C)(C)C)c1O. The lowest BCUT2D eigenvalue weighted by molar-refractivity contribution is 0.438. The minimum atomic E-state index is -0.157. The van der Waals surface area contributed by atoms with E-state index in [1.807, 2.05) is 0 Å². The average Bonchev–Trinajstić information content (AvgIpc) is 2.82. The van der Waals surface area contributed by atoms with E-state index in [0.29, 0.717) is 24.3 Å². The fourth-order valence-corrected chi connectivity index (χ4v) is 6.05. The topological polar surface area (TPSA) is 40.5 Å². The molecule has 0 aromatic heterocycles. The molecular weight excluding hydrogens is 512 g/mol. The molecule has 0 aliphatic heterocycles. The maximum Gasteiger partial charge on any atom is 0.122 e. The van der Waals surface area contributed by atoms with Crippen LogP contribution in [-0.4, -0.2) is 10.2 Å². The Morgan fingerprint density at radius 2 is 0.690 bits per heavy atom. The van der Waals surface area contributed by atoms with E-state index < -0.39 is 0 Å². The summed E-state index contributed by atoms with van der Waals surface area (Å²) in [5.74, 6) is 0.847. The van der Waals surface area contributed by atoms with E-state index in [-0.39, 0.29) is 21.7 Å². The van der Waals surface area contributed by atoms with Gasteiger partial charge in [0.15, 0.2) is 0 Å². The van der Waals surface area contributed by atoms with Crippen LogP contribution in [0.15, 0.2) is 24.3 Å². The number of hydrogen-bond acceptors (Lipinski definition) is 2. The van der Waals surface area contributed by atoms with Crippen molar-refractivity contribution in [3.8, 4) is 11.5 Å². The number of aromatic hydroxyl groups is 2. The van der Waals surface area contributed by atoms with E-state index in [0.717, 1.165) is 22.3 Å². The third-order valence-corrected chi connectivity index (χ3v) is 9.40. The molecule has 3 rings (SSSR count). The van der Waals surface area contributed by atoms with Crippen LogP contribution in [0.4, 0.5) is 0 Å². The molecule has 42 heavy (non-hydrogen) atoms. The molecule has 0 amide bonds. The zero-order valence-electron chi connectivity index (χ0n) is 29.6. The Morgan fingerprint density at radius 3 is 0.905 bits per heavy atom. The van der Waals surface area contributed by atoms with Crippen LogP contribution >= 0.6 is 0 Å². The normalized spacial score (nSPS) is 13.1. The number of hydrogen-bond donors (Lipinski definition) is 2. The Morgan fingerprint density at radius 1 is 0.429 bits per heavy atom. The van der Waals surface area contributed by atoms with Crippen molar-refractivity contribution < 1.29 is 10.2 Å². The fourth-order valence-electron chi connectivity index (χ4n) is 6.05. The molecule has 230 valence electrons. The van der Waals surface area contributed by atoms with Gasteiger partial charge in [-0.1, -0.05) is 107 Å². The van der Waals surface area contributed by atoms with E-state index in [1.54, 1.807) is 0 Å². The Hall–Kier alpha value is -2.74. The van der Waals surface area contributed by atoms with Gasteiger partial charge in [-0.3, -0.25) is 0 Å². The van der Waals surface area contributed by atoms with Crippen molar-refractivity contribution in [2.75, 3.05) is 0 Å². The maximum absolute atomic E-state index is 11.5. The second-order valence-electron chi connectivity index (χ2n) is 16.9. The Balaban J connectivity index is 2.21. The van der Waals surface area contributed by atoms with Gasteiger partial charge in [-0.25, -0.2) is 0 Å². The summed E-state index contributed by atoms with van der Waals surface area (Å²) < 4.78 is 0. The second kappa shape index (κ2) is 11.1. The van der Waals surface area contributed by atoms with Gasteiger partial charge in [0, 0.05) is 12.8 Å². The van der Waals surface area contributed by atoms with Crippen molar-refractivity contribution >= 4 is 0 Å². The van der Waals surface area contributed by atoms with Crippen LogP contribution in [0, 0.1) is 27.7 Å². The highest BCUT2D eigenvalue weighted by molar-refractivity contribution is 5.58. The number of benzene rings is 3. The van der Waals surface area contributed by atoms with Crippen molar-refractivity contribution in [3.05, 3.63) is 91.0 Å². The largest absolute Gasteiger partial charge is 0.507 e. The van der Waals surface area contributed by atoms with Crippen molar-refractivity contribution in [3.63, 3.8) is 0 Å². The molecule has 0 spiro atoms. The van der Waals surface area contributed by atoms with Gasteiger partial charge in [-0.2, -0.15) is 0 Å². The predicted octanol–water partition coefficient (Wildman–Crippen LogP) is 10.7. The third-order valence-electron chi connectivity index (χ3n) is 9.40. The summed E-state index contributed by atoms with van der Waals surface area (Å²) >= 11 is 0. The van der Waals surface area contributed by atoms with Crippen LogP contribution in [-0.2, 0) is 34.5 Å². The van der Waals surface area contributed by atoms with Crippen molar-refractivity contribution in [1.82, 2.24) is 0 Å². The van der Waals surface area contributed by atoms with E-state index >= 15 is 0 Å². The van der Waals surface area contributed by atoms with E-state index in [1.165, 1.54) is 44.5 Å². The summed E-state index contributed by atoms with van der Waals surface area (Å²) in [5.41, 5.74) is 13.8. The highest BCUT2D eigenvalue weighted by atomic mass is 16.3. The molecule has 0 aliphatic rings. The molecule has 3 aromatic rings. The van der Waals surface area contributed by atoms with Gasteiger partial charge in [0.25, 0.3) is 0 Å². The minimum absolute atomic E-state index is 0.0161. The van der Waals surface area contributed by atoms with Gasteiger partial charge in [0.05, 0.1) is 0 Å². The minimum Gasteiger partial charge on any atom is -0.507 e. The van der Waals surface area contributed by atoms with E-state index in [9.17, 15) is 10.2 Å². The Labute approximate surface area is 257 Å². The van der Waals surface area contributed by atoms with Gasteiger partial charge in [0.2, 0.25) is 0 Å². The smallest absolute Gasteiger partial charge is 0.122 e. The van der Waals surface area contributed by atoms with Crippen LogP contribution < -0.4 is 0 Å². The zero-order valence-corrected chi connectivity index (χ0v) is 29.6. The molecule has 2 nitrogen and oxygen atoms in total. The van der Waals surface area contributed by atoms with E-state index in [4.69, 9.17) is 0 Å². The van der Waals surface area contributed by atoms with Crippen LogP contribution in [0.2, 0.25) is 0 Å². The summed E-state index contributed by atoms with van der Waals surface area (Å²) in [7, 11) is 0. The zero-order chi connectivity index (χ0) is 32.3. The molecule has 2 heteroatoms. The van der Waals surface area contributed by atoms with Crippen LogP contribution in [0.3, 0.4) is 0 Å². The average molecular weight is 571 g/mol. The summed E-state index contributed by atoms with van der Waals surface area (Å²) in [6.07, 6.45) is 1.38.